The third kappa shape index (κ3) is 4.00. The summed E-state index contributed by atoms with van der Waals surface area (Å²) in [5, 5.41) is 6.49. The van der Waals surface area contributed by atoms with E-state index >= 15 is 0 Å². The van der Waals surface area contributed by atoms with Crippen LogP contribution in [0.4, 0.5) is 11.4 Å². The number of aryl methyl sites for hydroxylation is 2. The predicted octanol–water partition coefficient (Wildman–Crippen LogP) is 5.94. The molecule has 2 aliphatic carbocycles. The van der Waals surface area contributed by atoms with Crippen molar-refractivity contribution in [3.05, 3.63) is 119 Å². The van der Waals surface area contributed by atoms with E-state index in [0.29, 0.717) is 0 Å². The lowest BCUT2D eigenvalue weighted by molar-refractivity contribution is 0.101. The molecule has 0 saturated carbocycles. The van der Waals surface area contributed by atoms with Crippen LogP contribution in [0, 0.1) is 0 Å². The molecule has 0 saturated heterocycles. The number of allylic oxidation sites excluding steroid dienone is 2. The number of rotatable bonds is 4. The fourth-order valence-corrected chi connectivity index (χ4v) is 4.31. The van der Waals surface area contributed by atoms with Crippen LogP contribution in [0.3, 0.4) is 0 Å². The molecule has 5 rings (SSSR count). The van der Waals surface area contributed by atoms with Crippen molar-refractivity contribution in [1.29, 1.82) is 0 Å². The van der Waals surface area contributed by atoms with Gasteiger partial charge in [0.05, 0.1) is 0 Å². The van der Waals surface area contributed by atoms with E-state index in [0.717, 1.165) is 70.5 Å². The van der Waals surface area contributed by atoms with Gasteiger partial charge in [0.1, 0.15) is 0 Å². The summed E-state index contributed by atoms with van der Waals surface area (Å²) in [7, 11) is 0. The van der Waals surface area contributed by atoms with E-state index in [9.17, 15) is 9.59 Å². The standard InChI is InChI=1S/C28H24N2O2/c31-27-21(11-9-19-5-1-3-7-25(19)27)17-29-23-13-15-24(16-14-23)30-18-22-12-10-20-6-2-4-8-26(20)28(22)32/h1-8,13-18,29-30H,9-12H2/b21-17+,22-18+. The van der Waals surface area contributed by atoms with Crippen LogP contribution in [0.5, 0.6) is 0 Å². The Kier molecular flexibility index (Phi) is 5.42. The van der Waals surface area contributed by atoms with Crippen LogP contribution in [0.15, 0.2) is 96.3 Å². The number of anilines is 2. The minimum absolute atomic E-state index is 0.1000. The van der Waals surface area contributed by atoms with Gasteiger partial charge in [0, 0.05) is 46.0 Å². The number of benzene rings is 3. The van der Waals surface area contributed by atoms with Crippen molar-refractivity contribution in [2.45, 2.75) is 25.7 Å². The second-order valence-corrected chi connectivity index (χ2v) is 8.18. The molecule has 3 aromatic rings. The Balaban J connectivity index is 1.23. The molecule has 2 N–H and O–H groups in total. The van der Waals surface area contributed by atoms with Crippen molar-refractivity contribution in [3.8, 4) is 0 Å². The summed E-state index contributed by atoms with van der Waals surface area (Å²) >= 11 is 0. The van der Waals surface area contributed by atoms with Gasteiger partial charge in [0.2, 0.25) is 0 Å². The second kappa shape index (κ2) is 8.67. The Hall–Kier alpha value is -3.92. The third-order valence-corrected chi connectivity index (χ3v) is 6.15. The molecular weight excluding hydrogens is 396 g/mol. The molecule has 0 radical (unpaired) electrons. The molecule has 0 fully saturated rings. The molecule has 0 atom stereocenters. The lowest BCUT2D eigenvalue weighted by Gasteiger charge is -2.17. The number of nitrogens with one attached hydrogen (secondary N) is 2. The molecule has 4 nitrogen and oxygen atoms in total. The smallest absolute Gasteiger partial charge is 0.190 e. The average Bonchev–Trinajstić information content (AvgIpc) is 2.84. The van der Waals surface area contributed by atoms with Crippen LogP contribution in [0.1, 0.15) is 44.7 Å². The molecule has 0 bridgehead atoms. The van der Waals surface area contributed by atoms with E-state index in [1.54, 1.807) is 0 Å². The van der Waals surface area contributed by atoms with E-state index in [1.807, 2.05) is 85.2 Å². The number of carbonyl (C=O) groups excluding carboxylic acids is 2. The zero-order chi connectivity index (χ0) is 21.9. The fraction of sp³-hybridized carbons (Fsp3) is 0.143. The number of Topliss-reactive ketones (excluding diaryl/α,β-unsaturated/α-hetero) is 2. The Morgan fingerprint density at radius 3 is 1.38 bits per heavy atom. The lowest BCUT2D eigenvalue weighted by Crippen LogP contribution is -2.15. The molecule has 158 valence electrons. The van der Waals surface area contributed by atoms with Crippen LogP contribution in [0.2, 0.25) is 0 Å². The van der Waals surface area contributed by atoms with E-state index < -0.39 is 0 Å². The molecule has 4 heteroatoms. The maximum Gasteiger partial charge on any atom is 0.190 e. The van der Waals surface area contributed by atoms with E-state index in [1.165, 1.54) is 0 Å². The molecule has 2 aliphatic rings. The summed E-state index contributed by atoms with van der Waals surface area (Å²) < 4.78 is 0. The van der Waals surface area contributed by atoms with Crippen LogP contribution in [-0.2, 0) is 12.8 Å². The van der Waals surface area contributed by atoms with Gasteiger partial charge in [0.15, 0.2) is 11.6 Å². The summed E-state index contributed by atoms with van der Waals surface area (Å²) in [5.41, 5.74) is 7.27. The SMILES string of the molecule is O=C1/C(=C/Nc2ccc(N/C=C3\CCc4ccccc4C3=O)cc2)CCc2ccccc21. The summed E-state index contributed by atoms with van der Waals surface area (Å²) in [6.07, 6.45) is 6.90. The molecule has 32 heavy (non-hydrogen) atoms. The molecule has 3 aromatic carbocycles. The highest BCUT2D eigenvalue weighted by Crippen LogP contribution is 2.26. The van der Waals surface area contributed by atoms with Gasteiger partial charge < -0.3 is 10.6 Å². The summed E-state index contributed by atoms with van der Waals surface area (Å²) in [4.78, 5) is 25.4. The molecule has 0 heterocycles. The molecule has 0 aliphatic heterocycles. The molecule has 0 unspecified atom stereocenters. The Bertz CT molecular complexity index is 1150. The van der Waals surface area contributed by atoms with Crippen molar-refractivity contribution < 1.29 is 9.59 Å². The first-order valence-corrected chi connectivity index (χ1v) is 11.0. The van der Waals surface area contributed by atoms with Gasteiger partial charge >= 0.3 is 0 Å². The Morgan fingerprint density at radius 2 is 0.938 bits per heavy atom. The van der Waals surface area contributed by atoms with Crippen LogP contribution in [-0.4, -0.2) is 11.6 Å². The molecule has 0 amide bonds. The first-order valence-electron chi connectivity index (χ1n) is 11.0. The monoisotopic (exact) mass is 420 g/mol. The van der Waals surface area contributed by atoms with Crippen molar-refractivity contribution in [3.63, 3.8) is 0 Å². The Morgan fingerprint density at radius 1 is 0.531 bits per heavy atom. The normalized spacial score (nSPS) is 17.8. The molecule has 0 spiro atoms. The highest BCUT2D eigenvalue weighted by molar-refractivity contribution is 6.11. The summed E-state index contributed by atoms with van der Waals surface area (Å²) in [6, 6.07) is 23.5. The zero-order valence-corrected chi connectivity index (χ0v) is 17.7. The highest BCUT2D eigenvalue weighted by Gasteiger charge is 2.22. The number of hydrogen-bond acceptors (Lipinski definition) is 4. The van der Waals surface area contributed by atoms with Crippen molar-refractivity contribution in [2.75, 3.05) is 10.6 Å². The van der Waals surface area contributed by atoms with Crippen molar-refractivity contribution in [1.82, 2.24) is 0 Å². The second-order valence-electron chi connectivity index (χ2n) is 8.18. The molecular formula is C28H24N2O2. The fourth-order valence-electron chi connectivity index (χ4n) is 4.31. The summed E-state index contributed by atoms with van der Waals surface area (Å²) in [6.45, 7) is 0. The van der Waals surface area contributed by atoms with E-state index in [4.69, 9.17) is 0 Å². The summed E-state index contributed by atoms with van der Waals surface area (Å²) in [5.74, 6) is 0.200. The lowest BCUT2D eigenvalue weighted by atomic mass is 9.87. The third-order valence-electron chi connectivity index (χ3n) is 6.15. The van der Waals surface area contributed by atoms with Gasteiger partial charge in [-0.1, -0.05) is 48.5 Å². The van der Waals surface area contributed by atoms with Gasteiger partial charge in [-0.25, -0.2) is 0 Å². The van der Waals surface area contributed by atoms with Crippen LogP contribution < -0.4 is 10.6 Å². The van der Waals surface area contributed by atoms with Gasteiger partial charge in [0.25, 0.3) is 0 Å². The number of hydrogen-bond donors (Lipinski definition) is 2. The zero-order valence-electron chi connectivity index (χ0n) is 17.7. The molecule has 0 aromatic heterocycles. The topological polar surface area (TPSA) is 58.2 Å². The Labute approximate surface area is 187 Å². The maximum absolute atomic E-state index is 12.7. The number of carbonyl (C=O) groups is 2. The van der Waals surface area contributed by atoms with E-state index in [2.05, 4.69) is 10.6 Å². The van der Waals surface area contributed by atoms with Gasteiger partial charge in [-0.05, 0) is 61.1 Å². The van der Waals surface area contributed by atoms with Crippen molar-refractivity contribution >= 4 is 22.9 Å². The highest BCUT2D eigenvalue weighted by atomic mass is 16.1. The largest absolute Gasteiger partial charge is 0.361 e. The van der Waals surface area contributed by atoms with Gasteiger partial charge in [-0.3, -0.25) is 9.59 Å². The minimum Gasteiger partial charge on any atom is -0.361 e. The van der Waals surface area contributed by atoms with Crippen molar-refractivity contribution in [2.24, 2.45) is 0 Å². The van der Waals surface area contributed by atoms with Gasteiger partial charge in [-0.15, -0.1) is 0 Å². The first-order chi connectivity index (χ1) is 15.7. The van der Waals surface area contributed by atoms with Crippen LogP contribution >= 0.6 is 0 Å². The maximum atomic E-state index is 12.7. The number of ketones is 2. The first kappa shape index (κ1) is 20.0. The van der Waals surface area contributed by atoms with Crippen LogP contribution in [0.25, 0.3) is 0 Å². The van der Waals surface area contributed by atoms with E-state index in [-0.39, 0.29) is 11.6 Å². The minimum atomic E-state index is 0.1000. The quantitative estimate of drug-likeness (QED) is 0.513. The predicted molar refractivity (Wildman–Crippen MR) is 128 cm³/mol. The average molecular weight is 421 g/mol. The van der Waals surface area contributed by atoms with Gasteiger partial charge in [-0.2, -0.15) is 0 Å². The number of fused-ring (bicyclic) bond motifs is 2.